The lowest BCUT2D eigenvalue weighted by molar-refractivity contribution is 0.601. The second-order valence-corrected chi connectivity index (χ2v) is 7.27. The molecule has 0 aliphatic rings. The van der Waals surface area contributed by atoms with E-state index in [1.165, 1.54) is 18.2 Å². The molecule has 8 heteroatoms. The van der Waals surface area contributed by atoms with E-state index in [1.54, 1.807) is 18.2 Å². The Balaban J connectivity index is 2.38. The summed E-state index contributed by atoms with van der Waals surface area (Å²) >= 11 is 14.8. The highest BCUT2D eigenvalue weighted by molar-refractivity contribution is 9.10. The Morgan fingerprint density at radius 1 is 1.05 bits per heavy atom. The molecule has 0 bridgehead atoms. The molecule has 0 amide bonds. The molecule has 2 aromatic carbocycles. The molecule has 0 aromatic heterocycles. The highest BCUT2D eigenvalue weighted by atomic mass is 79.9. The molecule has 2 rings (SSSR count). The summed E-state index contributed by atoms with van der Waals surface area (Å²) < 4.78 is 27.5. The number of benzene rings is 2. The van der Waals surface area contributed by atoms with E-state index >= 15 is 0 Å². The summed E-state index contributed by atoms with van der Waals surface area (Å²) in [6.07, 6.45) is 0. The van der Waals surface area contributed by atoms with E-state index in [-0.39, 0.29) is 9.92 Å². The van der Waals surface area contributed by atoms with Gasteiger partial charge in [-0.15, -0.1) is 0 Å². The van der Waals surface area contributed by atoms with Crippen LogP contribution in [0.3, 0.4) is 0 Å². The number of halogens is 3. The summed E-state index contributed by atoms with van der Waals surface area (Å²) in [4.78, 5) is 0.0237. The van der Waals surface area contributed by atoms with Crippen LogP contribution in [0.2, 0.25) is 10.0 Å². The summed E-state index contributed by atoms with van der Waals surface area (Å²) in [6, 6.07) is 8.86. The van der Waals surface area contributed by atoms with E-state index in [2.05, 4.69) is 20.7 Å². The van der Waals surface area contributed by atoms with E-state index in [0.717, 1.165) is 0 Å². The summed E-state index contributed by atoms with van der Waals surface area (Å²) in [5.74, 6) is 0. The number of rotatable bonds is 3. The van der Waals surface area contributed by atoms with Crippen molar-refractivity contribution >= 4 is 60.5 Å². The molecule has 20 heavy (non-hydrogen) atoms. The Morgan fingerprint density at radius 3 is 2.35 bits per heavy atom. The predicted octanol–water partition coefficient (Wildman–Crippen LogP) is 4.14. The second-order valence-electron chi connectivity index (χ2n) is 3.92. The van der Waals surface area contributed by atoms with Gasteiger partial charge in [0.05, 0.1) is 20.6 Å². The maximum Gasteiger partial charge on any atom is 0.261 e. The van der Waals surface area contributed by atoms with Crippen molar-refractivity contribution in [2.24, 2.45) is 0 Å². The van der Waals surface area contributed by atoms with Gasteiger partial charge < -0.3 is 5.73 Å². The Labute approximate surface area is 135 Å². The van der Waals surface area contributed by atoms with Gasteiger partial charge in [0.15, 0.2) is 0 Å². The van der Waals surface area contributed by atoms with Gasteiger partial charge in [-0.25, -0.2) is 8.42 Å². The summed E-state index contributed by atoms with van der Waals surface area (Å²) in [5, 5.41) is 0.463. The zero-order valence-corrected chi connectivity index (χ0v) is 13.8. The van der Waals surface area contributed by atoms with Crippen molar-refractivity contribution < 1.29 is 8.42 Å². The van der Waals surface area contributed by atoms with Crippen LogP contribution in [0.25, 0.3) is 0 Å². The number of nitrogens with one attached hydrogen (secondary N) is 1. The van der Waals surface area contributed by atoms with Gasteiger partial charge in [0.2, 0.25) is 0 Å². The van der Waals surface area contributed by atoms with E-state index in [0.29, 0.717) is 20.9 Å². The van der Waals surface area contributed by atoms with Gasteiger partial charge in [-0.05, 0) is 52.3 Å². The van der Waals surface area contributed by atoms with E-state index < -0.39 is 10.0 Å². The Morgan fingerprint density at radius 2 is 1.75 bits per heavy atom. The monoisotopic (exact) mass is 394 g/mol. The quantitative estimate of drug-likeness (QED) is 0.767. The van der Waals surface area contributed by atoms with Crippen LogP contribution in [0.1, 0.15) is 0 Å². The normalized spacial score (nSPS) is 11.3. The molecule has 0 unspecified atom stereocenters. The molecule has 0 radical (unpaired) electrons. The number of hydrogen-bond donors (Lipinski definition) is 2. The molecule has 0 saturated heterocycles. The number of sulfonamides is 1. The molecule has 0 fully saturated rings. The molecule has 0 aliphatic heterocycles. The average molecular weight is 396 g/mol. The van der Waals surface area contributed by atoms with Crippen LogP contribution >= 0.6 is 39.1 Å². The minimum absolute atomic E-state index is 0.0237. The van der Waals surface area contributed by atoms with Gasteiger partial charge in [-0.1, -0.05) is 23.2 Å². The Hall–Kier alpha value is -0.950. The average Bonchev–Trinajstić information content (AvgIpc) is 2.36. The molecule has 0 spiro atoms. The van der Waals surface area contributed by atoms with Crippen molar-refractivity contribution in [1.82, 2.24) is 0 Å². The largest absolute Gasteiger partial charge is 0.399 e. The molecule has 4 nitrogen and oxygen atoms in total. The molecular weight excluding hydrogens is 387 g/mol. The molecule has 2 aromatic rings. The van der Waals surface area contributed by atoms with Crippen molar-refractivity contribution in [3.05, 3.63) is 50.9 Å². The van der Waals surface area contributed by atoms with Crippen LogP contribution in [0.15, 0.2) is 45.8 Å². The summed E-state index contributed by atoms with van der Waals surface area (Å²) in [7, 11) is -3.75. The fourth-order valence-electron chi connectivity index (χ4n) is 1.46. The van der Waals surface area contributed by atoms with E-state index in [9.17, 15) is 8.42 Å². The van der Waals surface area contributed by atoms with Crippen LogP contribution in [0.5, 0.6) is 0 Å². The highest BCUT2D eigenvalue weighted by Crippen LogP contribution is 2.29. The van der Waals surface area contributed by atoms with Crippen LogP contribution in [-0.2, 0) is 10.0 Å². The highest BCUT2D eigenvalue weighted by Gasteiger charge is 2.17. The van der Waals surface area contributed by atoms with Crippen LogP contribution in [-0.4, -0.2) is 8.42 Å². The lowest BCUT2D eigenvalue weighted by Gasteiger charge is -2.10. The first-order valence-corrected chi connectivity index (χ1v) is 8.36. The first-order valence-electron chi connectivity index (χ1n) is 5.32. The van der Waals surface area contributed by atoms with Gasteiger partial charge in [0.25, 0.3) is 10.0 Å². The van der Waals surface area contributed by atoms with Crippen molar-refractivity contribution in [2.45, 2.75) is 4.90 Å². The molecular formula is C12H9BrCl2N2O2S. The number of anilines is 2. The van der Waals surface area contributed by atoms with Gasteiger partial charge in [0, 0.05) is 10.2 Å². The lowest BCUT2D eigenvalue weighted by atomic mass is 10.3. The molecule has 0 heterocycles. The number of nitrogens with two attached hydrogens (primary N) is 1. The van der Waals surface area contributed by atoms with Gasteiger partial charge >= 0.3 is 0 Å². The maximum atomic E-state index is 12.2. The Bertz CT molecular complexity index is 766. The molecule has 3 N–H and O–H groups in total. The van der Waals surface area contributed by atoms with Gasteiger partial charge in [-0.3, -0.25) is 4.72 Å². The summed E-state index contributed by atoms with van der Waals surface area (Å²) in [6.45, 7) is 0. The minimum atomic E-state index is -3.75. The first-order chi connectivity index (χ1) is 9.29. The molecule has 0 atom stereocenters. The summed E-state index contributed by atoms with van der Waals surface area (Å²) in [5.41, 5.74) is 6.50. The zero-order valence-electron chi connectivity index (χ0n) is 9.90. The third-order valence-corrected chi connectivity index (χ3v) is 5.20. The maximum absolute atomic E-state index is 12.2. The SMILES string of the molecule is Nc1ccc(NS(=O)(=O)c2ccc(Cl)c(Cl)c2)c(Br)c1. The fourth-order valence-corrected chi connectivity index (χ4v) is 3.56. The fraction of sp³-hybridized carbons (Fsp3) is 0. The molecule has 0 saturated carbocycles. The smallest absolute Gasteiger partial charge is 0.261 e. The Kier molecular flexibility index (Phi) is 4.49. The first kappa shape index (κ1) is 15.4. The van der Waals surface area contributed by atoms with Crippen molar-refractivity contribution in [3.63, 3.8) is 0 Å². The van der Waals surface area contributed by atoms with Crippen molar-refractivity contribution in [2.75, 3.05) is 10.5 Å². The van der Waals surface area contributed by atoms with Gasteiger partial charge in [0.1, 0.15) is 0 Å². The van der Waals surface area contributed by atoms with Crippen LogP contribution in [0, 0.1) is 0 Å². The van der Waals surface area contributed by atoms with Crippen LogP contribution < -0.4 is 10.5 Å². The predicted molar refractivity (Wildman–Crippen MR) is 85.8 cm³/mol. The molecule has 106 valence electrons. The topological polar surface area (TPSA) is 72.2 Å². The van der Waals surface area contributed by atoms with Gasteiger partial charge in [-0.2, -0.15) is 0 Å². The number of nitrogen functional groups attached to an aromatic ring is 1. The lowest BCUT2D eigenvalue weighted by Crippen LogP contribution is -2.13. The number of hydrogen-bond acceptors (Lipinski definition) is 3. The zero-order chi connectivity index (χ0) is 14.9. The van der Waals surface area contributed by atoms with E-state index in [4.69, 9.17) is 28.9 Å². The third kappa shape index (κ3) is 3.38. The minimum Gasteiger partial charge on any atom is -0.399 e. The second kappa shape index (κ2) is 5.81. The molecule has 0 aliphatic carbocycles. The van der Waals surface area contributed by atoms with Crippen molar-refractivity contribution in [3.8, 4) is 0 Å². The van der Waals surface area contributed by atoms with Crippen LogP contribution in [0.4, 0.5) is 11.4 Å². The van der Waals surface area contributed by atoms with E-state index in [1.807, 2.05) is 0 Å². The van der Waals surface area contributed by atoms with Crippen molar-refractivity contribution in [1.29, 1.82) is 0 Å². The standard InChI is InChI=1S/C12H9BrCl2N2O2S/c13-9-5-7(16)1-4-12(9)17-20(18,19)8-2-3-10(14)11(15)6-8/h1-6,17H,16H2. The third-order valence-electron chi connectivity index (χ3n) is 2.44.